The van der Waals surface area contributed by atoms with Crippen LogP contribution in [0.15, 0.2) is 5.38 Å². The second-order valence-electron chi connectivity index (χ2n) is 2.49. The van der Waals surface area contributed by atoms with Gasteiger partial charge in [0.15, 0.2) is 0 Å². The van der Waals surface area contributed by atoms with Gasteiger partial charge in [0.2, 0.25) is 0 Å². The van der Waals surface area contributed by atoms with E-state index in [1.54, 1.807) is 4.57 Å². The Bertz CT molecular complexity index is 276. The summed E-state index contributed by atoms with van der Waals surface area (Å²) in [5.74, 6) is -1.05. The van der Waals surface area contributed by atoms with Gasteiger partial charge in [-0.05, 0) is 6.92 Å². The van der Waals surface area contributed by atoms with Crippen molar-refractivity contribution < 1.29 is 14.5 Å². The number of aryl methyl sites for hydroxylation is 1. The third kappa shape index (κ3) is 1.94. The van der Waals surface area contributed by atoms with Crippen LogP contribution in [0.4, 0.5) is 5.13 Å². The summed E-state index contributed by atoms with van der Waals surface area (Å²) in [7, 11) is 0. The van der Waals surface area contributed by atoms with Gasteiger partial charge in [-0.3, -0.25) is 5.73 Å². The first kappa shape index (κ1) is 8.99. The zero-order chi connectivity index (χ0) is 9.14. The van der Waals surface area contributed by atoms with E-state index in [2.05, 4.69) is 0 Å². The summed E-state index contributed by atoms with van der Waals surface area (Å²) in [6.07, 6.45) is 0.00639. The van der Waals surface area contributed by atoms with Gasteiger partial charge in [0, 0.05) is 17.8 Å². The smallest absolute Gasteiger partial charge is 0.331 e. The zero-order valence-electron chi connectivity index (χ0n) is 6.74. The molecule has 0 unspecified atom stereocenters. The van der Waals surface area contributed by atoms with Crippen molar-refractivity contribution in [2.45, 2.75) is 19.9 Å². The fourth-order valence-electron chi connectivity index (χ4n) is 0.936. The van der Waals surface area contributed by atoms with E-state index in [9.17, 15) is 9.90 Å². The Morgan fingerprint density at radius 3 is 2.92 bits per heavy atom. The molecule has 0 spiro atoms. The number of carbonyl (C=O) groups is 1. The van der Waals surface area contributed by atoms with Crippen LogP contribution >= 0.6 is 11.3 Å². The summed E-state index contributed by atoms with van der Waals surface area (Å²) in [5.41, 5.74) is 6.58. The average molecular weight is 186 g/mol. The number of rotatable bonds is 3. The summed E-state index contributed by atoms with van der Waals surface area (Å²) in [6.45, 7) is 2.28. The number of anilines is 1. The largest absolute Gasteiger partial charge is 0.550 e. The van der Waals surface area contributed by atoms with Gasteiger partial charge in [0.25, 0.3) is 0 Å². The first-order valence-corrected chi connectivity index (χ1v) is 4.42. The molecular formula is C7H10N2O2S. The summed E-state index contributed by atoms with van der Waals surface area (Å²) >= 11 is 1.41. The highest BCUT2D eigenvalue weighted by Crippen LogP contribution is 2.07. The molecule has 1 aromatic heterocycles. The lowest BCUT2D eigenvalue weighted by atomic mass is 10.4. The predicted molar refractivity (Wildman–Crippen MR) is 43.3 cm³/mol. The third-order valence-electron chi connectivity index (χ3n) is 1.58. The van der Waals surface area contributed by atoms with Gasteiger partial charge in [0.1, 0.15) is 5.69 Å². The summed E-state index contributed by atoms with van der Waals surface area (Å²) < 4.78 is 1.76. The second-order valence-corrected chi connectivity index (χ2v) is 3.38. The van der Waals surface area contributed by atoms with E-state index >= 15 is 0 Å². The Balaban J connectivity index is 2.68. The first-order chi connectivity index (χ1) is 5.61. The van der Waals surface area contributed by atoms with Crippen LogP contribution in [-0.2, 0) is 11.3 Å². The van der Waals surface area contributed by atoms with Gasteiger partial charge in [-0.1, -0.05) is 11.3 Å². The molecule has 0 bridgehead atoms. The zero-order valence-corrected chi connectivity index (χ0v) is 7.56. The molecule has 1 rings (SSSR count). The SMILES string of the molecule is Cc1csc(N)[n+]1CCC(=O)[O-]. The third-order valence-corrected chi connectivity index (χ3v) is 2.50. The number of nitrogens with two attached hydrogens (primary N) is 1. The fourth-order valence-corrected chi connectivity index (χ4v) is 1.72. The molecule has 0 saturated carbocycles. The Hall–Kier alpha value is -1.10. The molecule has 0 aliphatic heterocycles. The highest BCUT2D eigenvalue weighted by atomic mass is 32.1. The maximum Gasteiger partial charge on any atom is 0.331 e. The topological polar surface area (TPSA) is 70.0 Å². The number of carboxylic acids is 1. The van der Waals surface area contributed by atoms with E-state index in [0.29, 0.717) is 11.7 Å². The highest BCUT2D eigenvalue weighted by molar-refractivity contribution is 7.13. The van der Waals surface area contributed by atoms with Crippen molar-refractivity contribution in [2.24, 2.45) is 0 Å². The molecule has 4 nitrogen and oxygen atoms in total. The lowest BCUT2D eigenvalue weighted by molar-refractivity contribution is -0.684. The number of nitrogen functional groups attached to an aromatic ring is 1. The Morgan fingerprint density at radius 2 is 2.50 bits per heavy atom. The number of nitrogens with zero attached hydrogens (tertiary/aromatic N) is 1. The Morgan fingerprint density at radius 1 is 1.83 bits per heavy atom. The van der Waals surface area contributed by atoms with Gasteiger partial charge in [0.05, 0.1) is 6.54 Å². The standard InChI is InChI=1S/C7H10N2O2S/c1-5-4-12-7(8)9(5)3-2-6(10)11/h4,8H,2-3H2,1H3,(H,10,11). The number of carboxylic acid groups (broad SMARTS) is 1. The summed E-state index contributed by atoms with van der Waals surface area (Å²) in [6, 6.07) is 0. The lowest BCUT2D eigenvalue weighted by Crippen LogP contribution is -2.40. The van der Waals surface area contributed by atoms with E-state index in [4.69, 9.17) is 5.73 Å². The van der Waals surface area contributed by atoms with Crippen LogP contribution in [-0.4, -0.2) is 5.97 Å². The van der Waals surface area contributed by atoms with Crippen LogP contribution in [0.2, 0.25) is 0 Å². The number of aliphatic carboxylic acids is 1. The van der Waals surface area contributed by atoms with Crippen LogP contribution in [0.5, 0.6) is 0 Å². The molecule has 12 heavy (non-hydrogen) atoms. The molecule has 0 aliphatic carbocycles. The molecule has 2 N–H and O–H groups in total. The number of carbonyl (C=O) groups excluding carboxylic acids is 1. The Kier molecular flexibility index (Phi) is 2.65. The number of hydrogen-bond acceptors (Lipinski definition) is 4. The number of hydrogen-bond donors (Lipinski definition) is 1. The van der Waals surface area contributed by atoms with Crippen LogP contribution < -0.4 is 15.4 Å². The molecule has 0 saturated heterocycles. The quantitative estimate of drug-likeness (QED) is 0.620. The molecule has 0 aliphatic rings. The second kappa shape index (κ2) is 3.53. The van der Waals surface area contributed by atoms with Crippen molar-refractivity contribution in [1.29, 1.82) is 0 Å². The lowest BCUT2D eigenvalue weighted by Gasteiger charge is -2.01. The maximum atomic E-state index is 10.2. The molecule has 0 amide bonds. The fraction of sp³-hybridized carbons (Fsp3) is 0.429. The molecule has 0 atom stereocenters. The molecule has 5 heteroatoms. The molecule has 1 aromatic rings. The van der Waals surface area contributed by atoms with Gasteiger partial charge in [-0.25, -0.2) is 4.57 Å². The van der Waals surface area contributed by atoms with E-state index in [1.807, 2.05) is 12.3 Å². The first-order valence-electron chi connectivity index (χ1n) is 3.54. The number of thiazole rings is 1. The minimum Gasteiger partial charge on any atom is -0.550 e. The van der Waals surface area contributed by atoms with Gasteiger partial charge >= 0.3 is 5.13 Å². The monoisotopic (exact) mass is 186 g/mol. The van der Waals surface area contributed by atoms with Gasteiger partial charge in [-0.2, -0.15) is 0 Å². The highest BCUT2D eigenvalue weighted by Gasteiger charge is 2.09. The molecule has 0 fully saturated rings. The Labute approximate surface area is 74.3 Å². The number of aromatic nitrogens is 1. The van der Waals surface area contributed by atoms with E-state index in [-0.39, 0.29) is 6.42 Å². The normalized spacial score (nSPS) is 10.1. The van der Waals surface area contributed by atoms with Gasteiger partial charge < -0.3 is 9.90 Å². The van der Waals surface area contributed by atoms with E-state index in [0.717, 1.165) is 5.69 Å². The molecule has 1 heterocycles. The average Bonchev–Trinajstić information content (AvgIpc) is 2.28. The molecule has 0 radical (unpaired) electrons. The van der Waals surface area contributed by atoms with Crippen molar-refractivity contribution in [1.82, 2.24) is 0 Å². The summed E-state index contributed by atoms with van der Waals surface area (Å²) in [4.78, 5) is 10.2. The minimum absolute atomic E-state index is 0.00639. The van der Waals surface area contributed by atoms with Crippen molar-refractivity contribution in [2.75, 3.05) is 5.73 Å². The molecular weight excluding hydrogens is 176 g/mol. The van der Waals surface area contributed by atoms with Crippen molar-refractivity contribution in [3.8, 4) is 0 Å². The minimum atomic E-state index is -1.05. The van der Waals surface area contributed by atoms with Crippen LogP contribution in [0.3, 0.4) is 0 Å². The van der Waals surface area contributed by atoms with Gasteiger partial charge in [-0.15, -0.1) is 0 Å². The molecule has 0 aromatic carbocycles. The van der Waals surface area contributed by atoms with Crippen molar-refractivity contribution in [3.05, 3.63) is 11.1 Å². The van der Waals surface area contributed by atoms with Crippen molar-refractivity contribution in [3.63, 3.8) is 0 Å². The maximum absolute atomic E-state index is 10.2. The van der Waals surface area contributed by atoms with Crippen LogP contribution in [0.1, 0.15) is 12.1 Å². The summed E-state index contributed by atoms with van der Waals surface area (Å²) in [5, 5.41) is 12.7. The van der Waals surface area contributed by atoms with Crippen LogP contribution in [0, 0.1) is 6.92 Å². The van der Waals surface area contributed by atoms with E-state index in [1.165, 1.54) is 11.3 Å². The molecule has 66 valence electrons. The predicted octanol–water partition coefficient (Wildman–Crippen LogP) is -0.934. The van der Waals surface area contributed by atoms with Crippen molar-refractivity contribution >= 4 is 22.4 Å². The van der Waals surface area contributed by atoms with Crippen LogP contribution in [0.25, 0.3) is 0 Å². The van der Waals surface area contributed by atoms with E-state index < -0.39 is 5.97 Å².